The summed E-state index contributed by atoms with van der Waals surface area (Å²) in [6, 6.07) is 13.2. The lowest BCUT2D eigenvalue weighted by atomic mass is 9.89. The van der Waals surface area contributed by atoms with Gasteiger partial charge in [0.25, 0.3) is 0 Å². The van der Waals surface area contributed by atoms with Crippen molar-refractivity contribution in [1.82, 2.24) is 5.32 Å². The molecule has 0 aliphatic carbocycles. The summed E-state index contributed by atoms with van der Waals surface area (Å²) in [4.78, 5) is 0. The molecule has 1 N–H and O–H groups in total. The molecule has 1 aliphatic rings. The van der Waals surface area contributed by atoms with Gasteiger partial charge in [-0.1, -0.05) is 29.8 Å². The van der Waals surface area contributed by atoms with Crippen LogP contribution in [0.15, 0.2) is 36.4 Å². The molecule has 122 valence electrons. The highest BCUT2D eigenvalue weighted by atomic mass is 16.5. The van der Waals surface area contributed by atoms with Gasteiger partial charge in [-0.3, -0.25) is 0 Å². The third-order valence-electron chi connectivity index (χ3n) is 4.23. The number of hydrogen-bond donors (Lipinski definition) is 1. The molecule has 0 fully saturated rings. The molecule has 1 unspecified atom stereocenters. The van der Waals surface area contributed by atoms with E-state index in [1.807, 2.05) is 13.8 Å². The molecule has 0 radical (unpaired) electrons. The molecule has 0 saturated carbocycles. The smallest absolute Gasteiger partial charge is 0.161 e. The fourth-order valence-electron chi connectivity index (χ4n) is 3.25. The molecular formula is C20H25NO2. The first-order chi connectivity index (χ1) is 11.2. The first-order valence-electron chi connectivity index (χ1n) is 8.45. The monoisotopic (exact) mass is 311 g/mol. The molecule has 3 nitrogen and oxygen atoms in total. The highest BCUT2D eigenvalue weighted by molar-refractivity contribution is 5.51. The van der Waals surface area contributed by atoms with Crippen LogP contribution in [0.1, 0.15) is 42.1 Å². The van der Waals surface area contributed by atoms with Gasteiger partial charge in [-0.05, 0) is 56.0 Å². The minimum Gasteiger partial charge on any atom is -0.490 e. The zero-order chi connectivity index (χ0) is 16.2. The lowest BCUT2D eigenvalue weighted by Gasteiger charge is -2.29. The van der Waals surface area contributed by atoms with Crippen LogP contribution < -0.4 is 14.8 Å². The lowest BCUT2D eigenvalue weighted by Crippen LogP contribution is -2.30. The van der Waals surface area contributed by atoms with Gasteiger partial charge in [0.15, 0.2) is 11.5 Å². The van der Waals surface area contributed by atoms with Crippen molar-refractivity contribution in [3.8, 4) is 11.5 Å². The summed E-state index contributed by atoms with van der Waals surface area (Å²) in [5.74, 6) is 1.70. The van der Waals surface area contributed by atoms with E-state index in [-0.39, 0.29) is 6.04 Å². The third kappa shape index (κ3) is 3.35. The Morgan fingerprint density at radius 1 is 1.04 bits per heavy atom. The molecule has 0 saturated heterocycles. The van der Waals surface area contributed by atoms with Crippen LogP contribution in [0.2, 0.25) is 0 Å². The average Bonchev–Trinajstić information content (AvgIpc) is 2.55. The lowest BCUT2D eigenvalue weighted by molar-refractivity contribution is 0.286. The molecule has 1 aliphatic heterocycles. The minimum atomic E-state index is 0.216. The van der Waals surface area contributed by atoms with Gasteiger partial charge in [0, 0.05) is 6.54 Å². The van der Waals surface area contributed by atoms with Crippen LogP contribution in [0.5, 0.6) is 11.5 Å². The summed E-state index contributed by atoms with van der Waals surface area (Å²) in [5, 5.41) is 3.64. The van der Waals surface area contributed by atoms with E-state index >= 15 is 0 Å². The van der Waals surface area contributed by atoms with Gasteiger partial charge in [-0.2, -0.15) is 0 Å². The van der Waals surface area contributed by atoms with Gasteiger partial charge in [0.1, 0.15) is 0 Å². The Labute approximate surface area is 138 Å². The molecule has 23 heavy (non-hydrogen) atoms. The molecule has 2 aromatic rings. The standard InChI is InChI=1S/C20H25NO2/c1-4-22-18-12-15-9-10-21-20(16-8-6-7-14(3)11-16)17(15)13-19(18)23-5-2/h6-8,11-13,20-21H,4-5,9-10H2,1-3H3. The number of ether oxygens (including phenoxy) is 2. The summed E-state index contributed by atoms with van der Waals surface area (Å²) in [7, 11) is 0. The maximum atomic E-state index is 5.81. The SMILES string of the molecule is CCOc1cc2c(cc1OCC)C(c1cccc(C)c1)NCC2. The molecule has 0 bridgehead atoms. The fraction of sp³-hybridized carbons (Fsp3) is 0.400. The Kier molecular flexibility index (Phi) is 4.87. The second-order valence-corrected chi connectivity index (χ2v) is 5.92. The van der Waals surface area contributed by atoms with Crippen molar-refractivity contribution in [2.75, 3.05) is 19.8 Å². The second kappa shape index (κ2) is 7.05. The number of fused-ring (bicyclic) bond motifs is 1. The van der Waals surface area contributed by atoms with Crippen molar-refractivity contribution in [3.05, 3.63) is 58.7 Å². The summed E-state index contributed by atoms with van der Waals surface area (Å²) >= 11 is 0. The van der Waals surface area contributed by atoms with Crippen molar-refractivity contribution in [2.45, 2.75) is 33.2 Å². The van der Waals surface area contributed by atoms with E-state index < -0.39 is 0 Å². The molecule has 1 atom stereocenters. The van der Waals surface area contributed by atoms with Crippen LogP contribution in [-0.4, -0.2) is 19.8 Å². The number of nitrogens with one attached hydrogen (secondary N) is 1. The van der Waals surface area contributed by atoms with Gasteiger partial charge in [0.05, 0.1) is 19.3 Å². The van der Waals surface area contributed by atoms with Gasteiger partial charge >= 0.3 is 0 Å². The minimum absolute atomic E-state index is 0.216. The van der Waals surface area contributed by atoms with Crippen molar-refractivity contribution in [1.29, 1.82) is 0 Å². The summed E-state index contributed by atoms with van der Waals surface area (Å²) < 4.78 is 11.6. The van der Waals surface area contributed by atoms with Gasteiger partial charge < -0.3 is 14.8 Å². The Morgan fingerprint density at radius 3 is 2.48 bits per heavy atom. The van der Waals surface area contributed by atoms with Crippen LogP contribution in [0.3, 0.4) is 0 Å². The number of aryl methyl sites for hydroxylation is 1. The van der Waals surface area contributed by atoms with Crippen molar-refractivity contribution < 1.29 is 9.47 Å². The molecule has 3 rings (SSSR count). The Bertz CT molecular complexity index is 681. The number of benzene rings is 2. The van der Waals surface area contributed by atoms with Crippen LogP contribution in [-0.2, 0) is 6.42 Å². The highest BCUT2D eigenvalue weighted by Crippen LogP contribution is 2.37. The topological polar surface area (TPSA) is 30.5 Å². The molecular weight excluding hydrogens is 286 g/mol. The van der Waals surface area contributed by atoms with Crippen LogP contribution >= 0.6 is 0 Å². The van der Waals surface area contributed by atoms with E-state index in [1.165, 1.54) is 22.3 Å². The van der Waals surface area contributed by atoms with Gasteiger partial charge in [-0.25, -0.2) is 0 Å². The molecule has 3 heteroatoms. The normalized spacial score (nSPS) is 16.7. The molecule has 0 spiro atoms. The maximum absolute atomic E-state index is 5.81. The summed E-state index contributed by atoms with van der Waals surface area (Å²) in [6.45, 7) is 8.42. The Morgan fingerprint density at radius 2 is 1.78 bits per heavy atom. The number of rotatable bonds is 5. The van der Waals surface area contributed by atoms with E-state index in [1.54, 1.807) is 0 Å². The second-order valence-electron chi connectivity index (χ2n) is 5.92. The first-order valence-corrected chi connectivity index (χ1v) is 8.45. The van der Waals surface area contributed by atoms with Crippen molar-refractivity contribution >= 4 is 0 Å². The third-order valence-corrected chi connectivity index (χ3v) is 4.23. The van der Waals surface area contributed by atoms with Crippen LogP contribution in [0.4, 0.5) is 0 Å². The van der Waals surface area contributed by atoms with Gasteiger partial charge in [-0.15, -0.1) is 0 Å². The zero-order valence-corrected chi connectivity index (χ0v) is 14.2. The predicted molar refractivity (Wildman–Crippen MR) is 93.5 cm³/mol. The Balaban J connectivity index is 2.05. The van der Waals surface area contributed by atoms with Crippen molar-refractivity contribution in [3.63, 3.8) is 0 Å². The summed E-state index contributed by atoms with van der Waals surface area (Å²) in [5.41, 5.74) is 5.24. The maximum Gasteiger partial charge on any atom is 0.161 e. The largest absolute Gasteiger partial charge is 0.490 e. The molecule has 2 aromatic carbocycles. The predicted octanol–water partition coefficient (Wildman–Crippen LogP) is 4.03. The van der Waals surface area contributed by atoms with Crippen molar-refractivity contribution in [2.24, 2.45) is 0 Å². The zero-order valence-electron chi connectivity index (χ0n) is 14.2. The van der Waals surface area contributed by atoms with E-state index in [0.717, 1.165) is 24.5 Å². The first kappa shape index (κ1) is 15.9. The molecule has 1 heterocycles. The van der Waals surface area contributed by atoms with E-state index in [4.69, 9.17) is 9.47 Å². The van der Waals surface area contributed by atoms with Crippen LogP contribution in [0, 0.1) is 6.92 Å². The quantitative estimate of drug-likeness (QED) is 0.904. The van der Waals surface area contributed by atoms with Crippen LogP contribution in [0.25, 0.3) is 0 Å². The fourth-order valence-corrected chi connectivity index (χ4v) is 3.25. The number of hydrogen-bond acceptors (Lipinski definition) is 3. The van der Waals surface area contributed by atoms with Gasteiger partial charge in [0.2, 0.25) is 0 Å². The highest BCUT2D eigenvalue weighted by Gasteiger charge is 2.24. The molecule has 0 aromatic heterocycles. The Hall–Kier alpha value is -2.00. The van der Waals surface area contributed by atoms with E-state index in [0.29, 0.717) is 13.2 Å². The average molecular weight is 311 g/mol. The summed E-state index contributed by atoms with van der Waals surface area (Å²) in [6.07, 6.45) is 1.02. The van der Waals surface area contributed by atoms with E-state index in [9.17, 15) is 0 Å². The molecule has 0 amide bonds. The van der Waals surface area contributed by atoms with E-state index in [2.05, 4.69) is 48.6 Å².